The zero-order valence-corrected chi connectivity index (χ0v) is 11.3. The van der Waals surface area contributed by atoms with Crippen molar-refractivity contribution in [1.29, 1.82) is 0 Å². The Kier molecular flexibility index (Phi) is 7.77. The molecule has 5 nitrogen and oxygen atoms in total. The summed E-state index contributed by atoms with van der Waals surface area (Å²) in [6.07, 6.45) is -0.0646. The Bertz CT molecular complexity index is 308. The summed E-state index contributed by atoms with van der Waals surface area (Å²) in [4.78, 5) is 10.8. The molecule has 0 spiro atoms. The SMILES string of the molecule is C=C(C)C(=O)OC(CC)S(=O)(=O)[O-].[Na+]. The average Bonchev–Trinajstić information content (AvgIpc) is 1.96. The fourth-order valence-electron chi connectivity index (χ4n) is 0.566. The first kappa shape index (κ1) is 16.5. The summed E-state index contributed by atoms with van der Waals surface area (Å²) in [5.41, 5.74) is -1.56. The van der Waals surface area contributed by atoms with Gasteiger partial charge in [-0.1, -0.05) is 13.5 Å². The van der Waals surface area contributed by atoms with Gasteiger partial charge in [0.25, 0.3) is 0 Å². The first-order chi connectivity index (χ1) is 5.79. The Morgan fingerprint density at radius 2 is 2.00 bits per heavy atom. The van der Waals surface area contributed by atoms with Crippen molar-refractivity contribution in [2.24, 2.45) is 0 Å². The summed E-state index contributed by atoms with van der Waals surface area (Å²) in [5.74, 6) is -0.869. The van der Waals surface area contributed by atoms with E-state index < -0.39 is 21.5 Å². The van der Waals surface area contributed by atoms with Crippen molar-refractivity contribution in [2.75, 3.05) is 0 Å². The van der Waals surface area contributed by atoms with E-state index in [1.807, 2.05) is 0 Å². The van der Waals surface area contributed by atoms with Crippen LogP contribution in [0, 0.1) is 0 Å². The quantitative estimate of drug-likeness (QED) is 0.229. The van der Waals surface area contributed by atoms with Gasteiger partial charge in [0.1, 0.15) is 10.1 Å². The third-order valence-electron chi connectivity index (χ3n) is 1.24. The van der Waals surface area contributed by atoms with Crippen LogP contribution >= 0.6 is 0 Å². The number of hydrogen-bond acceptors (Lipinski definition) is 5. The molecule has 0 rings (SSSR count). The zero-order chi connectivity index (χ0) is 10.6. The smallest absolute Gasteiger partial charge is 0.745 e. The molecule has 0 saturated heterocycles. The molecule has 1 unspecified atom stereocenters. The predicted molar refractivity (Wildman–Crippen MR) is 44.7 cm³/mol. The first-order valence-corrected chi connectivity index (χ1v) is 5.07. The van der Waals surface area contributed by atoms with Gasteiger partial charge < -0.3 is 9.29 Å². The molecule has 0 aliphatic carbocycles. The van der Waals surface area contributed by atoms with E-state index in [-0.39, 0.29) is 41.6 Å². The van der Waals surface area contributed by atoms with E-state index in [4.69, 9.17) is 0 Å². The number of esters is 1. The van der Waals surface area contributed by atoms with Crippen LogP contribution in [0.25, 0.3) is 0 Å². The van der Waals surface area contributed by atoms with E-state index in [9.17, 15) is 17.8 Å². The van der Waals surface area contributed by atoms with Gasteiger partial charge in [-0.05, 0) is 13.3 Å². The third-order valence-corrected chi connectivity index (χ3v) is 2.32. The Morgan fingerprint density at radius 1 is 1.57 bits per heavy atom. The van der Waals surface area contributed by atoms with Crippen LogP contribution in [0.3, 0.4) is 0 Å². The summed E-state index contributed by atoms with van der Waals surface area (Å²) >= 11 is 0. The molecule has 0 bridgehead atoms. The monoisotopic (exact) mass is 230 g/mol. The minimum absolute atomic E-state index is 0. The molecule has 0 aliphatic rings. The zero-order valence-electron chi connectivity index (χ0n) is 8.44. The number of carbonyl (C=O) groups is 1. The number of carbonyl (C=O) groups excluding carboxylic acids is 1. The van der Waals surface area contributed by atoms with Gasteiger partial charge in [-0.25, -0.2) is 13.2 Å². The minimum atomic E-state index is -4.58. The molecule has 0 heterocycles. The van der Waals surface area contributed by atoms with Crippen molar-refractivity contribution in [1.82, 2.24) is 0 Å². The van der Waals surface area contributed by atoms with Gasteiger partial charge in [-0.2, -0.15) is 0 Å². The van der Waals surface area contributed by atoms with Crippen LogP contribution in [-0.2, 0) is 19.6 Å². The van der Waals surface area contributed by atoms with Gasteiger partial charge in [0.05, 0.1) is 0 Å². The van der Waals surface area contributed by atoms with Crippen molar-refractivity contribution in [3.8, 4) is 0 Å². The van der Waals surface area contributed by atoms with Crippen LogP contribution in [0.5, 0.6) is 0 Å². The molecule has 0 fully saturated rings. The molecule has 0 aromatic carbocycles. The fraction of sp³-hybridized carbons (Fsp3) is 0.571. The van der Waals surface area contributed by atoms with Gasteiger partial charge >= 0.3 is 35.5 Å². The second-order valence-corrected chi connectivity index (χ2v) is 4.03. The minimum Gasteiger partial charge on any atom is -0.745 e. The van der Waals surface area contributed by atoms with E-state index in [0.717, 1.165) is 0 Å². The second kappa shape index (κ2) is 6.58. The Hall–Kier alpha value is 0.120. The van der Waals surface area contributed by atoms with Crippen molar-refractivity contribution in [2.45, 2.75) is 25.7 Å². The molecule has 0 aliphatic heterocycles. The van der Waals surface area contributed by atoms with Gasteiger partial charge in [0.15, 0.2) is 5.44 Å². The molecular weight excluding hydrogens is 219 g/mol. The molecular formula is C7H11NaO5S. The van der Waals surface area contributed by atoms with E-state index in [0.29, 0.717) is 0 Å². The fourth-order valence-corrected chi connectivity index (χ4v) is 1.18. The number of rotatable bonds is 4. The molecule has 1 atom stereocenters. The average molecular weight is 230 g/mol. The Labute approximate surface area is 106 Å². The summed E-state index contributed by atoms with van der Waals surface area (Å²) in [5, 5.41) is 0. The van der Waals surface area contributed by atoms with Crippen molar-refractivity contribution < 1.29 is 52.1 Å². The molecule has 0 aromatic heterocycles. The maximum atomic E-state index is 10.8. The summed E-state index contributed by atoms with van der Waals surface area (Å²) < 4.78 is 35.8. The molecule has 14 heavy (non-hydrogen) atoms. The number of hydrogen-bond donors (Lipinski definition) is 0. The molecule has 0 amide bonds. The maximum absolute atomic E-state index is 10.8. The molecule has 0 saturated carbocycles. The van der Waals surface area contributed by atoms with E-state index in [1.165, 1.54) is 13.8 Å². The topological polar surface area (TPSA) is 83.5 Å². The van der Waals surface area contributed by atoms with Crippen LogP contribution in [0.2, 0.25) is 0 Å². The largest absolute Gasteiger partial charge is 1.00 e. The molecule has 76 valence electrons. The van der Waals surface area contributed by atoms with Crippen LogP contribution in [0.1, 0.15) is 20.3 Å². The van der Waals surface area contributed by atoms with E-state index in [1.54, 1.807) is 0 Å². The molecule has 0 N–H and O–H groups in total. The van der Waals surface area contributed by atoms with Crippen LogP contribution in [0.15, 0.2) is 12.2 Å². The van der Waals surface area contributed by atoms with Crippen LogP contribution in [-0.4, -0.2) is 24.4 Å². The van der Waals surface area contributed by atoms with Crippen molar-refractivity contribution in [3.63, 3.8) is 0 Å². The van der Waals surface area contributed by atoms with Gasteiger partial charge in [0.2, 0.25) is 0 Å². The van der Waals surface area contributed by atoms with Gasteiger partial charge in [-0.3, -0.25) is 0 Å². The predicted octanol–water partition coefficient (Wildman–Crippen LogP) is -2.61. The summed E-state index contributed by atoms with van der Waals surface area (Å²) in [7, 11) is -4.58. The van der Waals surface area contributed by atoms with Crippen LogP contribution in [0.4, 0.5) is 0 Å². The standard InChI is InChI=1S/C7H12O5S.Na/c1-4-6(13(9,10)11)12-7(8)5(2)3;/h6H,2,4H2,1,3H3,(H,9,10,11);/q;+1/p-1. The molecule has 0 aromatic rings. The summed E-state index contributed by atoms with van der Waals surface area (Å²) in [6.45, 7) is 6.06. The molecule has 0 radical (unpaired) electrons. The van der Waals surface area contributed by atoms with Crippen molar-refractivity contribution >= 4 is 16.1 Å². The van der Waals surface area contributed by atoms with Crippen LogP contribution < -0.4 is 29.6 Å². The maximum Gasteiger partial charge on any atom is 1.00 e. The Balaban J connectivity index is 0. The van der Waals surface area contributed by atoms with Crippen molar-refractivity contribution in [3.05, 3.63) is 12.2 Å². The van der Waals surface area contributed by atoms with Gasteiger partial charge in [0, 0.05) is 5.57 Å². The third kappa shape index (κ3) is 5.77. The first-order valence-electron chi connectivity index (χ1n) is 3.60. The van der Waals surface area contributed by atoms with E-state index >= 15 is 0 Å². The normalized spacial score (nSPS) is 12.5. The van der Waals surface area contributed by atoms with E-state index in [2.05, 4.69) is 11.3 Å². The molecule has 7 heteroatoms. The number of ether oxygens (including phenoxy) is 1. The van der Waals surface area contributed by atoms with Gasteiger partial charge in [-0.15, -0.1) is 0 Å². The second-order valence-electron chi connectivity index (χ2n) is 2.52. The Morgan fingerprint density at radius 3 is 2.21 bits per heavy atom. The summed E-state index contributed by atoms with van der Waals surface area (Å²) in [6, 6.07) is 0.